The zero-order valence-electron chi connectivity index (χ0n) is 15.6. The van der Waals surface area contributed by atoms with Crippen molar-refractivity contribution in [1.82, 2.24) is 0 Å². The maximum Gasteiger partial charge on any atom is 0.228 e. The van der Waals surface area contributed by atoms with E-state index in [1.165, 1.54) is 30.3 Å². The lowest BCUT2D eigenvalue weighted by molar-refractivity contribution is -0.242. The molecule has 1 fully saturated rings. The summed E-state index contributed by atoms with van der Waals surface area (Å²) >= 11 is 0. The van der Waals surface area contributed by atoms with Gasteiger partial charge in [-0.2, -0.15) is 0 Å². The number of aromatic hydroxyl groups is 3. The van der Waals surface area contributed by atoms with E-state index in [0.29, 0.717) is 11.1 Å². The second-order valence-electron chi connectivity index (χ2n) is 7.35. The average molecular weight is 422 g/mol. The molecule has 0 spiro atoms. The molecule has 0 unspecified atom stereocenters. The van der Waals surface area contributed by atoms with E-state index in [-0.39, 0.29) is 41.8 Å². The fraction of sp³-hybridized carbons (Fsp3) is 0.400. The highest BCUT2D eigenvalue weighted by atomic mass is 16.7. The molecule has 0 bridgehead atoms. The van der Waals surface area contributed by atoms with Crippen LogP contribution < -0.4 is 9.47 Å². The molecule has 2 aliphatic heterocycles. The van der Waals surface area contributed by atoms with Gasteiger partial charge in [0.2, 0.25) is 6.29 Å². The summed E-state index contributed by atoms with van der Waals surface area (Å²) in [5.41, 5.74) is 0.757. The van der Waals surface area contributed by atoms with E-state index in [9.17, 15) is 35.7 Å². The number of phenolic OH excluding ortho intramolecular Hbond substituents is 3. The highest BCUT2D eigenvalue weighted by Crippen LogP contribution is 2.43. The molecule has 0 amide bonds. The molecule has 162 valence electrons. The number of hydrogen-bond donors (Lipinski definition) is 7. The minimum absolute atomic E-state index is 0.0568. The summed E-state index contributed by atoms with van der Waals surface area (Å²) in [6.07, 6.45) is -7.34. The average Bonchev–Trinajstić information content (AvgIpc) is 2.71. The topological polar surface area (TPSA) is 169 Å². The first-order valence-electron chi connectivity index (χ1n) is 9.29. The molecule has 1 saturated heterocycles. The quantitative estimate of drug-likeness (QED) is 0.325. The predicted molar refractivity (Wildman–Crippen MR) is 99.3 cm³/mol. The van der Waals surface area contributed by atoms with Crippen LogP contribution in [0.15, 0.2) is 30.3 Å². The first-order valence-corrected chi connectivity index (χ1v) is 9.29. The third kappa shape index (κ3) is 3.71. The normalized spacial score (nSPS) is 30.9. The Balaban J connectivity index is 1.58. The number of ether oxygens (including phenoxy) is 3. The van der Waals surface area contributed by atoms with Crippen LogP contribution in [0, 0.1) is 0 Å². The summed E-state index contributed by atoms with van der Waals surface area (Å²) in [5.74, 6) is -0.602. The summed E-state index contributed by atoms with van der Waals surface area (Å²) in [6, 6.07) is 6.73. The molecule has 0 aromatic heterocycles. The van der Waals surface area contributed by atoms with Crippen molar-refractivity contribution >= 4 is 0 Å². The maximum atomic E-state index is 10.5. The van der Waals surface area contributed by atoms with Crippen LogP contribution in [0.1, 0.15) is 17.2 Å². The lowest BCUT2D eigenvalue weighted by Gasteiger charge is -2.35. The third-order valence-corrected chi connectivity index (χ3v) is 5.21. The van der Waals surface area contributed by atoms with Gasteiger partial charge in [-0.1, -0.05) is 6.07 Å². The molecule has 6 atom stereocenters. The van der Waals surface area contributed by atoms with Crippen LogP contribution >= 0.6 is 0 Å². The van der Waals surface area contributed by atoms with Crippen molar-refractivity contribution < 1.29 is 50.0 Å². The lowest BCUT2D eigenvalue weighted by Crippen LogP contribution is -2.54. The van der Waals surface area contributed by atoms with Gasteiger partial charge >= 0.3 is 0 Å². The molecule has 0 radical (unpaired) electrons. The molecule has 10 heteroatoms. The number of phenols is 3. The molecule has 0 aliphatic carbocycles. The van der Waals surface area contributed by atoms with Crippen molar-refractivity contribution in [2.24, 2.45) is 0 Å². The summed E-state index contributed by atoms with van der Waals surface area (Å²) in [6.45, 7) is -0.241. The van der Waals surface area contributed by atoms with Crippen molar-refractivity contribution in [2.45, 2.75) is 43.2 Å². The molecule has 30 heavy (non-hydrogen) atoms. The number of hydrogen-bond acceptors (Lipinski definition) is 10. The first-order chi connectivity index (χ1) is 14.2. The van der Waals surface area contributed by atoms with E-state index in [1.54, 1.807) is 0 Å². The van der Waals surface area contributed by atoms with Gasteiger partial charge in [0.05, 0.1) is 12.7 Å². The highest BCUT2D eigenvalue weighted by Gasteiger charge is 2.39. The number of rotatable bonds is 3. The van der Waals surface area contributed by atoms with Gasteiger partial charge in [0.25, 0.3) is 0 Å². The number of benzene rings is 2. The largest absolute Gasteiger partial charge is 0.507 e. The third-order valence-electron chi connectivity index (χ3n) is 5.21. The van der Waals surface area contributed by atoms with Crippen LogP contribution in [-0.4, -0.2) is 73.1 Å². The van der Waals surface area contributed by atoms with Gasteiger partial charge in [0, 0.05) is 24.1 Å². The maximum absolute atomic E-state index is 10.5. The minimum atomic E-state index is -1.51. The van der Waals surface area contributed by atoms with E-state index >= 15 is 0 Å². The molecule has 2 aromatic carbocycles. The smallest absolute Gasteiger partial charge is 0.228 e. The van der Waals surface area contributed by atoms with Gasteiger partial charge in [-0.15, -0.1) is 0 Å². The van der Waals surface area contributed by atoms with E-state index < -0.39 is 36.8 Å². The Labute approximate surface area is 170 Å². The van der Waals surface area contributed by atoms with Gasteiger partial charge in [-0.05, 0) is 17.7 Å². The number of fused-ring (bicyclic) bond motifs is 1. The Hall–Kier alpha value is -2.76. The molecular formula is C20H22O10. The molecule has 2 aromatic rings. The number of aliphatic hydroxyl groups is 4. The minimum Gasteiger partial charge on any atom is -0.507 e. The first kappa shape index (κ1) is 20.5. The lowest BCUT2D eigenvalue weighted by atomic mass is 9.94. The summed E-state index contributed by atoms with van der Waals surface area (Å²) in [7, 11) is 0. The Kier molecular flexibility index (Phi) is 5.35. The van der Waals surface area contributed by atoms with Gasteiger partial charge in [0.15, 0.2) is 11.5 Å². The van der Waals surface area contributed by atoms with Crippen molar-refractivity contribution in [1.29, 1.82) is 0 Å². The van der Waals surface area contributed by atoms with Crippen LogP contribution in [-0.2, 0) is 11.2 Å². The fourth-order valence-electron chi connectivity index (χ4n) is 3.54. The molecule has 2 aliphatic rings. The van der Waals surface area contributed by atoms with Crippen molar-refractivity contribution in [3.63, 3.8) is 0 Å². The SMILES string of the molecule is Oc1ccc([C@@H]2Oc3cc(O[C@@H]4OC[C@@H](O)[C@H](O)[C@H]4O)cc(O)c3C[C@H]2O)cc1O. The Morgan fingerprint density at radius 3 is 2.33 bits per heavy atom. The van der Waals surface area contributed by atoms with E-state index in [2.05, 4.69) is 0 Å². The Morgan fingerprint density at radius 2 is 1.60 bits per heavy atom. The van der Waals surface area contributed by atoms with E-state index in [0.717, 1.165) is 0 Å². The molecule has 4 rings (SSSR count). The fourth-order valence-corrected chi connectivity index (χ4v) is 3.54. The van der Waals surface area contributed by atoms with Gasteiger partial charge in [-0.25, -0.2) is 0 Å². The summed E-state index contributed by atoms with van der Waals surface area (Å²) in [4.78, 5) is 0. The van der Waals surface area contributed by atoms with Gasteiger partial charge in [0.1, 0.15) is 41.7 Å². The second-order valence-corrected chi connectivity index (χ2v) is 7.35. The Bertz CT molecular complexity index is 932. The molecule has 10 nitrogen and oxygen atoms in total. The van der Waals surface area contributed by atoms with E-state index in [4.69, 9.17) is 14.2 Å². The molecule has 2 heterocycles. The van der Waals surface area contributed by atoms with Crippen LogP contribution in [0.5, 0.6) is 28.7 Å². The Morgan fingerprint density at radius 1 is 0.833 bits per heavy atom. The molecule has 0 saturated carbocycles. The second kappa shape index (κ2) is 7.82. The summed E-state index contributed by atoms with van der Waals surface area (Å²) < 4.78 is 16.5. The van der Waals surface area contributed by atoms with E-state index in [1.807, 2.05) is 0 Å². The highest BCUT2D eigenvalue weighted by molar-refractivity contribution is 5.52. The van der Waals surface area contributed by atoms with Crippen LogP contribution in [0.4, 0.5) is 0 Å². The number of aliphatic hydroxyl groups excluding tert-OH is 4. The van der Waals surface area contributed by atoms with Crippen molar-refractivity contribution in [3.05, 3.63) is 41.5 Å². The zero-order chi connectivity index (χ0) is 21.6. The summed E-state index contributed by atoms with van der Waals surface area (Å²) in [5, 5.41) is 69.3. The van der Waals surface area contributed by atoms with Gasteiger partial charge in [-0.3, -0.25) is 0 Å². The van der Waals surface area contributed by atoms with Gasteiger partial charge < -0.3 is 50.0 Å². The van der Waals surface area contributed by atoms with Crippen LogP contribution in [0.2, 0.25) is 0 Å². The van der Waals surface area contributed by atoms with Crippen molar-refractivity contribution in [2.75, 3.05) is 6.61 Å². The zero-order valence-corrected chi connectivity index (χ0v) is 15.6. The van der Waals surface area contributed by atoms with Crippen LogP contribution in [0.25, 0.3) is 0 Å². The standard InChI is InChI=1S/C20H22O10/c21-11-2-1-8(3-13(11)23)19-14(24)6-10-12(22)4-9(5-16(10)30-19)29-20-18(27)17(26)15(25)7-28-20/h1-5,14-15,17-27H,6-7H2/t14-,15-,17+,18-,19+,20+/m1/s1. The van der Waals surface area contributed by atoms with Crippen molar-refractivity contribution in [3.8, 4) is 28.7 Å². The molecular weight excluding hydrogens is 400 g/mol. The van der Waals surface area contributed by atoms with Crippen LogP contribution in [0.3, 0.4) is 0 Å². The monoisotopic (exact) mass is 422 g/mol. The molecule has 7 N–H and O–H groups in total. The predicted octanol–water partition coefficient (Wildman–Crippen LogP) is -0.342.